The van der Waals surface area contributed by atoms with Crippen LogP contribution in [0, 0.1) is 0 Å². The molecule has 0 spiro atoms. The summed E-state index contributed by atoms with van der Waals surface area (Å²) in [7, 11) is 1.61. The Kier molecular flexibility index (Phi) is 2.35. The molecule has 0 aliphatic rings. The molecule has 0 aliphatic heterocycles. The van der Waals surface area contributed by atoms with Gasteiger partial charge in [-0.05, 0) is 18.2 Å². The number of benzene rings is 1. The van der Waals surface area contributed by atoms with Gasteiger partial charge in [-0.3, -0.25) is 0 Å². The number of hydrogen-bond donors (Lipinski definition) is 2. The van der Waals surface area contributed by atoms with E-state index >= 15 is 0 Å². The normalized spacial score (nSPS) is 10.8. The molecule has 3 nitrogen and oxygen atoms in total. The number of aromatic amines is 1. The van der Waals surface area contributed by atoms with Crippen LogP contribution >= 0.6 is 11.6 Å². The summed E-state index contributed by atoms with van der Waals surface area (Å²) < 4.78 is 5.09. The van der Waals surface area contributed by atoms with E-state index < -0.39 is 0 Å². The van der Waals surface area contributed by atoms with E-state index in [4.69, 9.17) is 21.4 Å². The van der Waals surface area contributed by atoms with Crippen molar-refractivity contribution in [3.63, 3.8) is 0 Å². The highest BCUT2D eigenvalue weighted by Gasteiger charge is 2.09. The fourth-order valence-electron chi connectivity index (χ4n) is 1.48. The van der Waals surface area contributed by atoms with Crippen LogP contribution in [0.1, 0.15) is 5.56 Å². The maximum absolute atomic E-state index is 9.12. The van der Waals surface area contributed by atoms with Crippen molar-refractivity contribution in [2.75, 3.05) is 7.11 Å². The van der Waals surface area contributed by atoms with Crippen molar-refractivity contribution >= 4 is 22.5 Å². The molecule has 1 heterocycles. The zero-order chi connectivity index (χ0) is 10.1. The number of ether oxygens (including phenoxy) is 1. The van der Waals surface area contributed by atoms with Crippen LogP contribution in [0.2, 0.25) is 5.15 Å². The lowest BCUT2D eigenvalue weighted by atomic mass is 10.2. The van der Waals surface area contributed by atoms with Crippen LogP contribution in [0.4, 0.5) is 0 Å². The molecule has 74 valence electrons. The first kappa shape index (κ1) is 9.37. The molecule has 0 saturated heterocycles. The van der Waals surface area contributed by atoms with Crippen LogP contribution in [0.15, 0.2) is 18.2 Å². The molecule has 4 heteroatoms. The Morgan fingerprint density at radius 2 is 2.29 bits per heavy atom. The first-order valence-corrected chi connectivity index (χ1v) is 4.59. The van der Waals surface area contributed by atoms with E-state index in [-0.39, 0.29) is 6.61 Å². The number of halogens is 1. The number of aromatic nitrogens is 1. The molecule has 14 heavy (non-hydrogen) atoms. The second-order valence-electron chi connectivity index (χ2n) is 2.99. The number of rotatable bonds is 2. The topological polar surface area (TPSA) is 45.2 Å². The van der Waals surface area contributed by atoms with Crippen LogP contribution < -0.4 is 4.74 Å². The summed E-state index contributed by atoms with van der Waals surface area (Å²) in [6.07, 6.45) is 0. The number of methoxy groups -OCH3 is 1. The monoisotopic (exact) mass is 211 g/mol. The molecule has 0 fully saturated rings. The Labute approximate surface area is 86.3 Å². The third-order valence-electron chi connectivity index (χ3n) is 2.22. The molecule has 0 bridgehead atoms. The summed E-state index contributed by atoms with van der Waals surface area (Å²) in [4.78, 5) is 2.98. The van der Waals surface area contributed by atoms with Crippen molar-refractivity contribution < 1.29 is 9.84 Å². The highest BCUT2D eigenvalue weighted by Crippen LogP contribution is 2.28. The molecule has 1 aromatic carbocycles. The summed E-state index contributed by atoms with van der Waals surface area (Å²) in [6.45, 7) is -0.0774. The highest BCUT2D eigenvalue weighted by atomic mass is 35.5. The summed E-state index contributed by atoms with van der Waals surface area (Å²) in [5.41, 5.74) is 1.61. The van der Waals surface area contributed by atoms with Gasteiger partial charge in [-0.1, -0.05) is 11.6 Å². The molecule has 2 aromatic rings. The third-order valence-corrected chi connectivity index (χ3v) is 2.54. The zero-order valence-electron chi connectivity index (χ0n) is 7.67. The second kappa shape index (κ2) is 3.52. The van der Waals surface area contributed by atoms with Gasteiger partial charge >= 0.3 is 0 Å². The predicted molar refractivity (Wildman–Crippen MR) is 55.8 cm³/mol. The van der Waals surface area contributed by atoms with Gasteiger partial charge in [0, 0.05) is 16.5 Å². The van der Waals surface area contributed by atoms with Gasteiger partial charge in [-0.2, -0.15) is 0 Å². The van der Waals surface area contributed by atoms with Crippen molar-refractivity contribution in [1.82, 2.24) is 4.98 Å². The van der Waals surface area contributed by atoms with E-state index in [0.29, 0.717) is 10.7 Å². The van der Waals surface area contributed by atoms with Crippen molar-refractivity contribution in [1.29, 1.82) is 0 Å². The van der Waals surface area contributed by atoms with Crippen molar-refractivity contribution in [3.8, 4) is 5.75 Å². The summed E-state index contributed by atoms with van der Waals surface area (Å²) >= 11 is 5.91. The Balaban J connectivity index is 2.71. The minimum Gasteiger partial charge on any atom is -0.497 e. The minimum atomic E-state index is -0.0774. The van der Waals surface area contributed by atoms with E-state index in [9.17, 15) is 0 Å². The van der Waals surface area contributed by atoms with E-state index in [1.165, 1.54) is 0 Å². The fraction of sp³-hybridized carbons (Fsp3) is 0.200. The lowest BCUT2D eigenvalue weighted by Crippen LogP contribution is -1.83. The lowest BCUT2D eigenvalue weighted by Gasteiger charge is -1.99. The number of hydrogen-bond acceptors (Lipinski definition) is 2. The lowest BCUT2D eigenvalue weighted by molar-refractivity contribution is 0.283. The zero-order valence-corrected chi connectivity index (χ0v) is 8.43. The maximum atomic E-state index is 9.12. The van der Waals surface area contributed by atoms with Gasteiger partial charge in [-0.15, -0.1) is 0 Å². The van der Waals surface area contributed by atoms with Crippen LogP contribution in [0.3, 0.4) is 0 Å². The Hall–Kier alpha value is -1.19. The van der Waals surface area contributed by atoms with Gasteiger partial charge in [0.05, 0.1) is 13.7 Å². The average molecular weight is 212 g/mol. The summed E-state index contributed by atoms with van der Waals surface area (Å²) in [5.74, 6) is 0.753. The van der Waals surface area contributed by atoms with Crippen LogP contribution in [0.5, 0.6) is 5.75 Å². The van der Waals surface area contributed by atoms with Crippen LogP contribution in [-0.4, -0.2) is 17.2 Å². The molecule has 1 aromatic heterocycles. The first-order valence-electron chi connectivity index (χ1n) is 4.21. The number of nitrogens with one attached hydrogen (secondary N) is 1. The SMILES string of the molecule is COc1ccc2[nH]c(Cl)c(CO)c2c1. The molecule has 0 unspecified atom stereocenters. The molecule has 0 radical (unpaired) electrons. The van der Waals surface area contributed by atoms with Crippen molar-refractivity contribution in [2.45, 2.75) is 6.61 Å². The van der Waals surface area contributed by atoms with Crippen LogP contribution in [-0.2, 0) is 6.61 Å². The van der Waals surface area contributed by atoms with Gasteiger partial charge in [0.25, 0.3) is 0 Å². The first-order chi connectivity index (χ1) is 6.76. The van der Waals surface area contributed by atoms with E-state index in [0.717, 1.165) is 16.7 Å². The van der Waals surface area contributed by atoms with Gasteiger partial charge in [-0.25, -0.2) is 0 Å². The molecular weight excluding hydrogens is 202 g/mol. The van der Waals surface area contributed by atoms with Gasteiger partial charge < -0.3 is 14.8 Å². The molecule has 0 saturated carbocycles. The fourth-order valence-corrected chi connectivity index (χ4v) is 1.74. The Morgan fingerprint density at radius 3 is 2.93 bits per heavy atom. The molecule has 0 amide bonds. The van der Waals surface area contributed by atoms with E-state index in [1.807, 2.05) is 18.2 Å². The number of fused-ring (bicyclic) bond motifs is 1. The Morgan fingerprint density at radius 1 is 1.50 bits per heavy atom. The van der Waals surface area contributed by atoms with Gasteiger partial charge in [0.15, 0.2) is 0 Å². The smallest absolute Gasteiger partial charge is 0.119 e. The molecule has 2 rings (SSSR count). The summed E-state index contributed by atoms with van der Waals surface area (Å²) in [5, 5.41) is 10.5. The molecule has 2 N–H and O–H groups in total. The number of aliphatic hydroxyl groups is 1. The predicted octanol–water partition coefficient (Wildman–Crippen LogP) is 2.32. The van der Waals surface area contributed by atoms with Crippen molar-refractivity contribution in [3.05, 3.63) is 28.9 Å². The van der Waals surface area contributed by atoms with Gasteiger partial charge in [0.2, 0.25) is 0 Å². The second-order valence-corrected chi connectivity index (χ2v) is 3.37. The standard InChI is InChI=1S/C10H10ClNO2/c1-14-6-2-3-9-7(4-6)8(5-13)10(11)12-9/h2-4,12-13H,5H2,1H3. The Bertz CT molecular complexity index is 464. The number of aliphatic hydroxyl groups excluding tert-OH is 1. The van der Waals surface area contributed by atoms with Crippen molar-refractivity contribution in [2.24, 2.45) is 0 Å². The highest BCUT2D eigenvalue weighted by molar-refractivity contribution is 6.31. The third kappa shape index (κ3) is 1.35. The maximum Gasteiger partial charge on any atom is 0.119 e. The molecular formula is C10H10ClNO2. The van der Waals surface area contributed by atoms with Crippen LogP contribution in [0.25, 0.3) is 10.9 Å². The quantitative estimate of drug-likeness (QED) is 0.801. The molecule has 0 atom stereocenters. The summed E-state index contributed by atoms with van der Waals surface area (Å²) in [6, 6.07) is 5.57. The largest absolute Gasteiger partial charge is 0.497 e. The minimum absolute atomic E-state index is 0.0774. The average Bonchev–Trinajstić information content (AvgIpc) is 2.52. The molecule has 0 aliphatic carbocycles. The van der Waals surface area contributed by atoms with E-state index in [1.54, 1.807) is 7.11 Å². The van der Waals surface area contributed by atoms with E-state index in [2.05, 4.69) is 4.98 Å². The number of H-pyrrole nitrogens is 1. The van der Waals surface area contributed by atoms with Gasteiger partial charge in [0.1, 0.15) is 10.9 Å².